The summed E-state index contributed by atoms with van der Waals surface area (Å²) in [6.07, 6.45) is 3.13. The predicted octanol–water partition coefficient (Wildman–Crippen LogP) is 3.39. The molecule has 0 aromatic heterocycles. The van der Waals surface area contributed by atoms with Gasteiger partial charge in [0.25, 0.3) is 0 Å². The van der Waals surface area contributed by atoms with Crippen LogP contribution in [0.3, 0.4) is 0 Å². The van der Waals surface area contributed by atoms with Crippen LogP contribution in [-0.2, 0) is 0 Å². The Balaban J connectivity index is 1.83. The van der Waals surface area contributed by atoms with Crippen molar-refractivity contribution in [3.63, 3.8) is 0 Å². The Bertz CT molecular complexity index is 473. The second kappa shape index (κ2) is 5.25. The molecule has 1 heterocycles. The van der Waals surface area contributed by atoms with Crippen LogP contribution in [0.15, 0.2) is 12.1 Å². The van der Waals surface area contributed by atoms with Gasteiger partial charge in [-0.1, -0.05) is 11.6 Å². The summed E-state index contributed by atoms with van der Waals surface area (Å²) in [4.78, 5) is 0. The molecular formula is C14H16ClF2NO. The molecule has 1 saturated heterocycles. The number of ether oxygens (including phenoxy) is 1. The molecule has 19 heavy (non-hydrogen) atoms. The summed E-state index contributed by atoms with van der Waals surface area (Å²) in [6.45, 7) is 1.83. The highest BCUT2D eigenvalue weighted by Gasteiger charge is 2.40. The van der Waals surface area contributed by atoms with Gasteiger partial charge in [-0.2, -0.15) is 0 Å². The van der Waals surface area contributed by atoms with E-state index in [0.29, 0.717) is 11.8 Å². The lowest BCUT2D eigenvalue weighted by Gasteiger charge is -2.25. The van der Waals surface area contributed by atoms with Gasteiger partial charge in [0.1, 0.15) is 16.9 Å². The molecule has 1 aliphatic heterocycles. The van der Waals surface area contributed by atoms with Crippen molar-refractivity contribution in [2.45, 2.75) is 25.4 Å². The maximum Gasteiger partial charge on any atom is 0.176 e. The molecule has 0 unspecified atom stereocenters. The van der Waals surface area contributed by atoms with E-state index in [-0.39, 0.29) is 16.9 Å². The SMILES string of the molecule is Fc1ccc(F)c(O[C@@H](C2CC2)[C@H]2CCNC2)c1Cl. The zero-order chi connectivity index (χ0) is 13.4. The fourth-order valence-electron chi connectivity index (χ4n) is 2.71. The van der Waals surface area contributed by atoms with Gasteiger partial charge in [0.15, 0.2) is 11.6 Å². The minimum absolute atomic E-state index is 0.0659. The first-order chi connectivity index (χ1) is 9.16. The summed E-state index contributed by atoms with van der Waals surface area (Å²) < 4.78 is 33.0. The van der Waals surface area contributed by atoms with Gasteiger partial charge in [0, 0.05) is 12.5 Å². The van der Waals surface area contributed by atoms with Gasteiger partial charge in [-0.15, -0.1) is 0 Å². The van der Waals surface area contributed by atoms with E-state index in [1.165, 1.54) is 0 Å². The van der Waals surface area contributed by atoms with E-state index < -0.39 is 11.6 Å². The fourth-order valence-corrected chi connectivity index (χ4v) is 2.91. The molecule has 2 nitrogen and oxygen atoms in total. The Hall–Kier alpha value is -0.870. The number of benzene rings is 1. The van der Waals surface area contributed by atoms with Gasteiger partial charge in [-0.3, -0.25) is 0 Å². The highest BCUT2D eigenvalue weighted by atomic mass is 35.5. The zero-order valence-electron chi connectivity index (χ0n) is 10.5. The number of nitrogens with one attached hydrogen (secondary N) is 1. The molecule has 2 aliphatic rings. The summed E-state index contributed by atoms with van der Waals surface area (Å²) in [5, 5.41) is 3.03. The smallest absolute Gasteiger partial charge is 0.176 e. The van der Waals surface area contributed by atoms with Gasteiger partial charge >= 0.3 is 0 Å². The first-order valence-electron chi connectivity index (χ1n) is 6.67. The average Bonchev–Trinajstić information content (AvgIpc) is 3.09. The number of hydrogen-bond donors (Lipinski definition) is 1. The van der Waals surface area contributed by atoms with Crippen LogP contribution in [0, 0.1) is 23.5 Å². The predicted molar refractivity (Wildman–Crippen MR) is 69.5 cm³/mol. The van der Waals surface area contributed by atoms with Crippen LogP contribution in [-0.4, -0.2) is 19.2 Å². The molecule has 0 amide bonds. The Morgan fingerprint density at radius 3 is 2.53 bits per heavy atom. The van der Waals surface area contributed by atoms with Crippen molar-refractivity contribution in [1.29, 1.82) is 0 Å². The van der Waals surface area contributed by atoms with Crippen LogP contribution in [0.5, 0.6) is 5.75 Å². The molecule has 3 rings (SSSR count). The quantitative estimate of drug-likeness (QED) is 0.857. The lowest BCUT2D eigenvalue weighted by atomic mass is 9.97. The molecule has 2 fully saturated rings. The Morgan fingerprint density at radius 2 is 1.89 bits per heavy atom. The van der Waals surface area contributed by atoms with E-state index in [1.807, 2.05) is 0 Å². The minimum atomic E-state index is -0.642. The van der Waals surface area contributed by atoms with Crippen LogP contribution in [0.2, 0.25) is 5.02 Å². The number of rotatable bonds is 4. The maximum absolute atomic E-state index is 13.8. The first-order valence-corrected chi connectivity index (χ1v) is 7.05. The lowest BCUT2D eigenvalue weighted by molar-refractivity contribution is 0.115. The summed E-state index contributed by atoms with van der Waals surface area (Å²) in [7, 11) is 0. The highest BCUT2D eigenvalue weighted by molar-refractivity contribution is 6.32. The lowest BCUT2D eigenvalue weighted by Crippen LogP contribution is -2.31. The van der Waals surface area contributed by atoms with Gasteiger partial charge in [-0.05, 0) is 43.9 Å². The topological polar surface area (TPSA) is 21.3 Å². The van der Waals surface area contributed by atoms with Crippen LogP contribution in [0.25, 0.3) is 0 Å². The van der Waals surface area contributed by atoms with Gasteiger partial charge in [-0.25, -0.2) is 8.78 Å². The molecule has 5 heteroatoms. The summed E-state index contributed by atoms with van der Waals surface area (Å²) in [6, 6.07) is 2.08. The van der Waals surface area contributed by atoms with Gasteiger partial charge in [0.2, 0.25) is 0 Å². The maximum atomic E-state index is 13.8. The molecule has 104 valence electrons. The normalized spacial score (nSPS) is 24.5. The average molecular weight is 288 g/mol. The fraction of sp³-hybridized carbons (Fsp3) is 0.571. The van der Waals surface area contributed by atoms with Crippen LogP contribution in [0.4, 0.5) is 8.78 Å². The second-order valence-corrected chi connectivity index (χ2v) is 5.72. The van der Waals surface area contributed by atoms with Gasteiger partial charge in [0.05, 0.1) is 0 Å². The number of hydrogen-bond acceptors (Lipinski definition) is 2. The Kier molecular flexibility index (Phi) is 3.63. The van der Waals surface area contributed by atoms with Crippen molar-refractivity contribution < 1.29 is 13.5 Å². The molecule has 1 aromatic carbocycles. The van der Waals surface area contributed by atoms with Crippen LogP contribution >= 0.6 is 11.6 Å². The van der Waals surface area contributed by atoms with E-state index in [0.717, 1.165) is 44.5 Å². The summed E-state index contributed by atoms with van der Waals surface area (Å²) in [5.41, 5.74) is 0. The van der Waals surface area contributed by atoms with Crippen LogP contribution < -0.4 is 10.1 Å². The first kappa shape index (κ1) is 13.1. The monoisotopic (exact) mass is 287 g/mol. The third-order valence-corrected chi connectivity index (χ3v) is 4.26. The zero-order valence-corrected chi connectivity index (χ0v) is 11.2. The summed E-state index contributed by atoms with van der Waals surface area (Å²) in [5.74, 6) is -0.569. The second-order valence-electron chi connectivity index (χ2n) is 5.35. The summed E-state index contributed by atoms with van der Waals surface area (Å²) >= 11 is 5.82. The molecule has 1 saturated carbocycles. The molecule has 1 aromatic rings. The van der Waals surface area contributed by atoms with Crippen molar-refractivity contribution in [1.82, 2.24) is 5.32 Å². The van der Waals surface area contributed by atoms with E-state index >= 15 is 0 Å². The van der Waals surface area contributed by atoms with Crippen molar-refractivity contribution in [3.05, 3.63) is 28.8 Å². The molecule has 0 radical (unpaired) electrons. The van der Waals surface area contributed by atoms with E-state index in [9.17, 15) is 8.78 Å². The van der Waals surface area contributed by atoms with E-state index in [4.69, 9.17) is 16.3 Å². The third-order valence-electron chi connectivity index (χ3n) is 3.91. The number of halogens is 3. The molecule has 2 atom stereocenters. The largest absolute Gasteiger partial charge is 0.485 e. The molecule has 1 N–H and O–H groups in total. The van der Waals surface area contributed by atoms with Crippen molar-refractivity contribution >= 4 is 11.6 Å². The van der Waals surface area contributed by atoms with Crippen LogP contribution in [0.1, 0.15) is 19.3 Å². The highest BCUT2D eigenvalue weighted by Crippen LogP contribution is 2.42. The molecule has 1 aliphatic carbocycles. The van der Waals surface area contributed by atoms with Gasteiger partial charge < -0.3 is 10.1 Å². The molecular weight excluding hydrogens is 272 g/mol. The standard InChI is InChI=1S/C14H16ClF2NO/c15-12-10(16)3-4-11(17)14(12)19-13(8-1-2-8)9-5-6-18-7-9/h3-4,8-9,13,18H,1-2,5-7H2/t9-,13-/m0/s1. The molecule has 0 bridgehead atoms. The van der Waals surface area contributed by atoms with E-state index in [1.54, 1.807) is 0 Å². The molecule has 0 spiro atoms. The minimum Gasteiger partial charge on any atom is -0.485 e. The third kappa shape index (κ3) is 2.70. The van der Waals surface area contributed by atoms with Crippen molar-refractivity contribution in [2.75, 3.05) is 13.1 Å². The van der Waals surface area contributed by atoms with Crippen molar-refractivity contribution in [2.24, 2.45) is 11.8 Å². The Labute approximate surface area is 116 Å². The van der Waals surface area contributed by atoms with E-state index in [2.05, 4.69) is 5.32 Å². The van der Waals surface area contributed by atoms with Crippen molar-refractivity contribution in [3.8, 4) is 5.75 Å². The Morgan fingerprint density at radius 1 is 1.16 bits per heavy atom.